The number of hydrogen-bond donors (Lipinski definition) is 0. The van der Waals surface area contributed by atoms with Crippen molar-refractivity contribution in [2.75, 3.05) is 0 Å². The number of hydrogen-bond acceptors (Lipinski definition) is 0. The topological polar surface area (TPSA) is 0 Å². The predicted octanol–water partition coefficient (Wildman–Crippen LogP) is 2.76. The zero-order valence-corrected chi connectivity index (χ0v) is 7.85. The molecule has 0 atom stereocenters. The molecule has 0 spiro atoms. The summed E-state index contributed by atoms with van der Waals surface area (Å²) >= 11 is 0.566. The van der Waals surface area contributed by atoms with Crippen LogP contribution in [0, 0.1) is 0 Å². The first-order valence-corrected chi connectivity index (χ1v) is 5.41. The van der Waals surface area contributed by atoms with Crippen molar-refractivity contribution >= 4 is 0 Å². The Bertz CT molecular complexity index is 239. The molecule has 0 nitrogen and oxygen atoms in total. The predicted molar refractivity (Wildman–Crippen MR) is 43.7 cm³/mol. The van der Waals surface area contributed by atoms with Gasteiger partial charge >= 0.3 is 74.8 Å². The average molecular weight is 233 g/mol. The van der Waals surface area contributed by atoms with E-state index in [0.29, 0.717) is 17.1 Å². The van der Waals surface area contributed by atoms with Gasteiger partial charge in [-0.05, 0) is 0 Å². The van der Waals surface area contributed by atoms with Crippen LogP contribution in [0.2, 0.25) is 0 Å². The van der Waals surface area contributed by atoms with E-state index < -0.39 is 0 Å². The van der Waals surface area contributed by atoms with Crippen molar-refractivity contribution in [1.82, 2.24) is 0 Å². The molecule has 2 aliphatic carbocycles. The van der Waals surface area contributed by atoms with Crippen molar-refractivity contribution in [3.8, 4) is 0 Å². The summed E-state index contributed by atoms with van der Waals surface area (Å²) in [6.45, 7) is 0. The van der Waals surface area contributed by atoms with Gasteiger partial charge in [-0.1, -0.05) is 0 Å². The molecule has 0 bridgehead atoms. The van der Waals surface area contributed by atoms with E-state index in [2.05, 4.69) is 36.5 Å². The molecule has 1 heteroatoms. The normalized spacial score (nSPS) is 21.1. The van der Waals surface area contributed by atoms with E-state index >= 15 is 0 Å². The molecular weight excluding hydrogens is 223 g/mol. The van der Waals surface area contributed by atoms with Crippen LogP contribution in [-0.2, 0) is 17.1 Å². The summed E-state index contributed by atoms with van der Waals surface area (Å²) in [6, 6.07) is 0. The molecule has 0 aromatic carbocycles. The standard InChI is InChI=1S/2C5H5.Rh/c2*1-2-4-5-3-1;/h2*1-3H,4H2;. The van der Waals surface area contributed by atoms with Gasteiger partial charge in [0.05, 0.1) is 0 Å². The molecule has 0 saturated carbocycles. The second-order valence-corrected chi connectivity index (χ2v) is 5.03. The van der Waals surface area contributed by atoms with Crippen molar-refractivity contribution < 1.29 is 17.1 Å². The summed E-state index contributed by atoms with van der Waals surface area (Å²) in [5.74, 6) is 0. The van der Waals surface area contributed by atoms with Gasteiger partial charge in [0.15, 0.2) is 0 Å². The first-order chi connectivity index (χ1) is 5.45. The van der Waals surface area contributed by atoms with Crippen molar-refractivity contribution in [2.24, 2.45) is 0 Å². The summed E-state index contributed by atoms with van der Waals surface area (Å²) in [7, 11) is 0. The third kappa shape index (κ3) is 1.78. The van der Waals surface area contributed by atoms with Crippen LogP contribution in [0.25, 0.3) is 0 Å². The van der Waals surface area contributed by atoms with Crippen LogP contribution in [-0.4, -0.2) is 0 Å². The molecular formula is C10H10Rh. The number of rotatable bonds is 2. The monoisotopic (exact) mass is 233 g/mol. The summed E-state index contributed by atoms with van der Waals surface area (Å²) < 4.78 is 3.25. The van der Waals surface area contributed by atoms with Crippen LogP contribution in [0.1, 0.15) is 12.8 Å². The van der Waals surface area contributed by atoms with Crippen LogP contribution < -0.4 is 0 Å². The molecule has 59 valence electrons. The van der Waals surface area contributed by atoms with Crippen LogP contribution in [0.15, 0.2) is 44.8 Å². The molecule has 0 radical (unpaired) electrons. The molecule has 0 N–H and O–H groups in total. The van der Waals surface area contributed by atoms with Gasteiger partial charge in [0.25, 0.3) is 0 Å². The van der Waals surface area contributed by atoms with Crippen molar-refractivity contribution in [1.29, 1.82) is 0 Å². The van der Waals surface area contributed by atoms with Gasteiger partial charge in [-0.3, -0.25) is 0 Å². The van der Waals surface area contributed by atoms with Crippen molar-refractivity contribution in [3.63, 3.8) is 0 Å². The molecule has 11 heavy (non-hydrogen) atoms. The Morgan fingerprint density at radius 3 is 1.82 bits per heavy atom. The molecule has 0 amide bonds. The third-order valence-corrected chi connectivity index (χ3v) is 3.90. The fourth-order valence-electron chi connectivity index (χ4n) is 1.08. The van der Waals surface area contributed by atoms with E-state index in [1.807, 2.05) is 0 Å². The minimum atomic E-state index is 0.566. The van der Waals surface area contributed by atoms with E-state index in [0.717, 1.165) is 0 Å². The van der Waals surface area contributed by atoms with Gasteiger partial charge in [0.1, 0.15) is 0 Å². The van der Waals surface area contributed by atoms with Crippen molar-refractivity contribution in [3.05, 3.63) is 44.8 Å². The Labute approximate surface area is 75.0 Å². The molecule has 0 aromatic rings. The molecule has 0 saturated heterocycles. The van der Waals surface area contributed by atoms with E-state index in [4.69, 9.17) is 0 Å². The van der Waals surface area contributed by atoms with Gasteiger partial charge in [0, 0.05) is 0 Å². The SMILES string of the molecule is C1=CC[C]([Rh][C]2=CC=CC2)=C1. The number of allylic oxidation sites excluding steroid dienone is 8. The van der Waals surface area contributed by atoms with Crippen LogP contribution >= 0.6 is 0 Å². The van der Waals surface area contributed by atoms with E-state index in [9.17, 15) is 0 Å². The van der Waals surface area contributed by atoms with Crippen LogP contribution in [0.5, 0.6) is 0 Å². The van der Waals surface area contributed by atoms with Gasteiger partial charge in [-0.15, -0.1) is 0 Å². The minimum absolute atomic E-state index is 0.566. The Balaban J connectivity index is 1.91. The summed E-state index contributed by atoms with van der Waals surface area (Å²) in [5.41, 5.74) is 0. The fraction of sp³-hybridized carbons (Fsp3) is 0.200. The maximum absolute atomic E-state index is 2.27. The summed E-state index contributed by atoms with van der Waals surface area (Å²) in [4.78, 5) is 0. The quantitative estimate of drug-likeness (QED) is 0.643. The summed E-state index contributed by atoms with van der Waals surface area (Å²) in [6.07, 6.45) is 15.7. The van der Waals surface area contributed by atoms with Crippen molar-refractivity contribution in [2.45, 2.75) is 12.8 Å². The second kappa shape index (κ2) is 3.32. The molecule has 0 fully saturated rings. The Morgan fingerprint density at radius 1 is 0.909 bits per heavy atom. The zero-order chi connectivity index (χ0) is 7.52. The summed E-state index contributed by atoms with van der Waals surface area (Å²) in [5, 5.41) is 0. The van der Waals surface area contributed by atoms with Gasteiger partial charge < -0.3 is 0 Å². The molecule has 2 rings (SSSR count). The van der Waals surface area contributed by atoms with Gasteiger partial charge in [-0.25, -0.2) is 0 Å². The molecule has 0 heterocycles. The van der Waals surface area contributed by atoms with Crippen LogP contribution in [0.3, 0.4) is 0 Å². The Morgan fingerprint density at radius 2 is 1.45 bits per heavy atom. The van der Waals surface area contributed by atoms with Gasteiger partial charge in [-0.2, -0.15) is 0 Å². The van der Waals surface area contributed by atoms with Crippen LogP contribution in [0.4, 0.5) is 0 Å². The maximum atomic E-state index is 2.27. The van der Waals surface area contributed by atoms with E-state index in [1.165, 1.54) is 12.8 Å². The van der Waals surface area contributed by atoms with E-state index in [-0.39, 0.29) is 0 Å². The zero-order valence-electron chi connectivity index (χ0n) is 6.21. The third-order valence-electron chi connectivity index (χ3n) is 1.63. The Kier molecular flexibility index (Phi) is 2.19. The van der Waals surface area contributed by atoms with E-state index in [1.54, 1.807) is 8.33 Å². The second-order valence-electron chi connectivity index (χ2n) is 2.52. The Hall–Kier alpha value is -0.417. The fourth-order valence-corrected chi connectivity index (χ4v) is 3.07. The molecule has 0 unspecified atom stereocenters. The first kappa shape index (κ1) is 7.24. The average Bonchev–Trinajstić information content (AvgIpc) is 2.60. The molecule has 0 aliphatic heterocycles. The van der Waals surface area contributed by atoms with Gasteiger partial charge in [0.2, 0.25) is 0 Å². The molecule has 0 aromatic heterocycles. The molecule has 2 aliphatic rings. The first-order valence-electron chi connectivity index (χ1n) is 3.77.